The molecule has 0 aromatic heterocycles. The van der Waals surface area contributed by atoms with Crippen molar-refractivity contribution < 1.29 is 0 Å². The Morgan fingerprint density at radius 2 is 1.12 bits per heavy atom. The topological polar surface area (TPSA) is 0 Å². The van der Waals surface area contributed by atoms with Crippen LogP contribution in [0.3, 0.4) is 0 Å². The maximum absolute atomic E-state index is 2.24. The fraction of sp³-hybridized carbons (Fsp3) is 0.750. The summed E-state index contributed by atoms with van der Waals surface area (Å²) < 4.78 is 0. The zero-order valence-corrected chi connectivity index (χ0v) is 6.31. The Kier molecular flexibility index (Phi) is 3.94. The second kappa shape index (κ2) is 3.94. The molecule has 0 aliphatic rings. The molecule has 0 bridgehead atoms. The lowest BCUT2D eigenvalue weighted by atomic mass is 9.92. The van der Waals surface area contributed by atoms with Crippen LogP contribution in [0.5, 0.6) is 0 Å². The molecule has 0 saturated carbocycles. The lowest BCUT2D eigenvalue weighted by Gasteiger charge is -2.14. The number of hydrogen-bond donors (Lipinski definition) is 0. The Balaban J connectivity index is 3.29. The quantitative estimate of drug-likeness (QED) is 0.526. The average Bonchev–Trinajstić information content (AvgIpc) is 1.84. The van der Waals surface area contributed by atoms with Crippen molar-refractivity contribution in [2.45, 2.75) is 27.7 Å². The van der Waals surface area contributed by atoms with Crippen LogP contribution in [0, 0.1) is 24.7 Å². The van der Waals surface area contributed by atoms with Crippen molar-refractivity contribution in [1.29, 1.82) is 0 Å². The summed E-state index contributed by atoms with van der Waals surface area (Å²) in [4.78, 5) is 0. The molecule has 0 aromatic carbocycles. The zero-order valence-electron chi connectivity index (χ0n) is 6.31. The Bertz CT molecular complexity index is 40.0. The van der Waals surface area contributed by atoms with Crippen molar-refractivity contribution in [2.24, 2.45) is 11.8 Å². The van der Waals surface area contributed by atoms with Crippen LogP contribution in [0.4, 0.5) is 0 Å². The number of rotatable bonds is 3. The molecule has 0 aliphatic carbocycles. The summed E-state index contributed by atoms with van der Waals surface area (Å²) >= 11 is 0. The minimum Gasteiger partial charge on any atom is -0.0620 e. The lowest BCUT2D eigenvalue weighted by molar-refractivity contribution is 0.493. The van der Waals surface area contributed by atoms with Gasteiger partial charge in [-0.3, -0.25) is 0 Å². The molecule has 0 heterocycles. The zero-order chi connectivity index (χ0) is 6.57. The van der Waals surface area contributed by atoms with Crippen molar-refractivity contribution in [3.63, 3.8) is 0 Å². The van der Waals surface area contributed by atoms with Gasteiger partial charge in [-0.1, -0.05) is 27.7 Å². The summed E-state index contributed by atoms with van der Waals surface area (Å²) in [6.45, 7) is 8.71. The van der Waals surface area contributed by atoms with Crippen molar-refractivity contribution in [2.75, 3.05) is 0 Å². The van der Waals surface area contributed by atoms with E-state index in [2.05, 4.69) is 40.5 Å². The van der Waals surface area contributed by atoms with Crippen LogP contribution < -0.4 is 0 Å². The fourth-order valence-corrected chi connectivity index (χ4v) is 0.607. The van der Waals surface area contributed by atoms with Gasteiger partial charge in [0.15, 0.2) is 0 Å². The Labute approximate surface area is 53.3 Å². The molecule has 0 aromatic rings. The predicted octanol–water partition coefficient (Wildman–Crippen LogP) is 2.71. The van der Waals surface area contributed by atoms with Gasteiger partial charge in [0, 0.05) is 0 Å². The fourth-order valence-electron chi connectivity index (χ4n) is 0.607. The normalized spacial score (nSPS) is 18.0. The minimum atomic E-state index is 0.736. The van der Waals surface area contributed by atoms with Crippen LogP contribution in [-0.2, 0) is 0 Å². The highest BCUT2D eigenvalue weighted by atomic mass is 14.1. The highest BCUT2D eigenvalue weighted by molar-refractivity contribution is 4.79. The third kappa shape index (κ3) is 2.34. The first kappa shape index (κ1) is 8.00. The van der Waals surface area contributed by atoms with E-state index in [0.29, 0.717) is 0 Å². The molecular formula is C8H16. The lowest BCUT2D eigenvalue weighted by Crippen LogP contribution is -2.05. The third-order valence-corrected chi connectivity index (χ3v) is 1.88. The molecule has 0 aliphatic heterocycles. The van der Waals surface area contributed by atoms with Crippen LogP contribution >= 0.6 is 0 Å². The van der Waals surface area contributed by atoms with E-state index in [4.69, 9.17) is 0 Å². The Morgan fingerprint density at radius 3 is 1.25 bits per heavy atom. The van der Waals surface area contributed by atoms with E-state index >= 15 is 0 Å². The summed E-state index contributed by atoms with van der Waals surface area (Å²) in [5.41, 5.74) is 0. The van der Waals surface area contributed by atoms with Gasteiger partial charge in [0.25, 0.3) is 0 Å². The molecule has 0 amide bonds. The van der Waals surface area contributed by atoms with Crippen LogP contribution in [-0.4, -0.2) is 0 Å². The maximum Gasteiger partial charge on any atom is -0.0386 e. The molecule has 0 fully saturated rings. The summed E-state index contributed by atoms with van der Waals surface area (Å²) in [5.74, 6) is 1.47. The average molecular weight is 112 g/mol. The molecule has 0 spiro atoms. The largest absolute Gasteiger partial charge is 0.0620 e. The van der Waals surface area contributed by atoms with Gasteiger partial charge in [-0.25, -0.2) is 0 Å². The van der Waals surface area contributed by atoms with Gasteiger partial charge in [-0.05, 0) is 24.7 Å². The molecule has 0 N–H and O–H groups in total. The van der Waals surface area contributed by atoms with E-state index in [1.165, 1.54) is 0 Å². The van der Waals surface area contributed by atoms with Crippen LogP contribution in [0.15, 0.2) is 0 Å². The van der Waals surface area contributed by atoms with Gasteiger partial charge in [-0.2, -0.15) is 0 Å². The van der Waals surface area contributed by atoms with Gasteiger partial charge < -0.3 is 0 Å². The SMILES string of the molecule is C[CH][C@H](C)[C@@H](C)[CH]C. The maximum atomic E-state index is 2.24. The van der Waals surface area contributed by atoms with Gasteiger partial charge in [-0.15, -0.1) is 0 Å². The molecule has 2 atom stereocenters. The summed E-state index contributed by atoms with van der Waals surface area (Å²) in [6, 6.07) is 0. The molecule has 0 heteroatoms. The van der Waals surface area contributed by atoms with E-state index in [0.717, 1.165) is 11.8 Å². The second-order valence-corrected chi connectivity index (χ2v) is 2.38. The van der Waals surface area contributed by atoms with Crippen molar-refractivity contribution >= 4 is 0 Å². The summed E-state index contributed by atoms with van der Waals surface area (Å²) in [7, 11) is 0. The van der Waals surface area contributed by atoms with Crippen molar-refractivity contribution in [3.8, 4) is 0 Å². The molecule has 8 heavy (non-hydrogen) atoms. The Morgan fingerprint density at radius 1 is 0.875 bits per heavy atom. The van der Waals surface area contributed by atoms with Crippen LogP contribution in [0.1, 0.15) is 27.7 Å². The first-order chi connectivity index (χ1) is 3.72. The molecule has 0 unspecified atom stereocenters. The van der Waals surface area contributed by atoms with Crippen molar-refractivity contribution in [3.05, 3.63) is 12.8 Å². The Hall–Kier alpha value is 0. The first-order valence-electron chi connectivity index (χ1n) is 3.31. The van der Waals surface area contributed by atoms with Gasteiger partial charge in [0.2, 0.25) is 0 Å². The monoisotopic (exact) mass is 112 g/mol. The van der Waals surface area contributed by atoms with E-state index in [9.17, 15) is 0 Å². The summed E-state index contributed by atoms with van der Waals surface area (Å²) in [5, 5.41) is 0. The van der Waals surface area contributed by atoms with E-state index in [1.807, 2.05) is 0 Å². The van der Waals surface area contributed by atoms with Gasteiger partial charge >= 0.3 is 0 Å². The van der Waals surface area contributed by atoms with E-state index in [-0.39, 0.29) is 0 Å². The molecule has 0 rings (SSSR count). The summed E-state index contributed by atoms with van der Waals surface area (Å²) in [6.07, 6.45) is 4.48. The highest BCUT2D eigenvalue weighted by Crippen LogP contribution is 2.15. The molecule has 0 nitrogen and oxygen atoms in total. The molecule has 2 radical (unpaired) electrons. The van der Waals surface area contributed by atoms with E-state index < -0.39 is 0 Å². The van der Waals surface area contributed by atoms with Crippen LogP contribution in [0.2, 0.25) is 0 Å². The van der Waals surface area contributed by atoms with Crippen molar-refractivity contribution in [1.82, 2.24) is 0 Å². The minimum absolute atomic E-state index is 0.736. The smallest absolute Gasteiger partial charge is 0.0386 e. The standard InChI is InChI=1S/C8H16/c1-5-7(3)8(4)6-2/h5-8H,1-4H3/t7-,8-/m0/s1. The van der Waals surface area contributed by atoms with Gasteiger partial charge in [0.05, 0.1) is 0 Å². The molecule has 0 saturated heterocycles. The first-order valence-corrected chi connectivity index (χ1v) is 3.31. The number of hydrogen-bond acceptors (Lipinski definition) is 0. The molecular weight excluding hydrogens is 96.1 g/mol. The van der Waals surface area contributed by atoms with Gasteiger partial charge in [0.1, 0.15) is 0 Å². The second-order valence-electron chi connectivity index (χ2n) is 2.38. The van der Waals surface area contributed by atoms with E-state index in [1.54, 1.807) is 0 Å². The highest BCUT2D eigenvalue weighted by Gasteiger charge is 2.06. The predicted molar refractivity (Wildman–Crippen MR) is 38.3 cm³/mol. The molecule has 48 valence electrons. The third-order valence-electron chi connectivity index (χ3n) is 1.88. The van der Waals surface area contributed by atoms with Crippen LogP contribution in [0.25, 0.3) is 0 Å².